The minimum Gasteiger partial charge on any atom is -0.360 e. The molecule has 128 valence electrons. The van der Waals surface area contributed by atoms with Crippen LogP contribution in [0.2, 0.25) is 0 Å². The molecule has 4 heterocycles. The minimum atomic E-state index is 0.685. The zero-order chi connectivity index (χ0) is 16.4. The van der Waals surface area contributed by atoms with Crippen LogP contribution >= 0.6 is 11.3 Å². The predicted octanol–water partition coefficient (Wildman–Crippen LogP) is 1.18. The third-order valence-corrected chi connectivity index (χ3v) is 5.63. The Morgan fingerprint density at radius 3 is 2.88 bits per heavy atom. The third kappa shape index (κ3) is 2.98. The van der Waals surface area contributed by atoms with Crippen LogP contribution in [0.15, 0.2) is 22.5 Å². The molecule has 24 heavy (non-hydrogen) atoms. The molecule has 1 fully saturated rings. The molecule has 0 atom stereocenters. The van der Waals surface area contributed by atoms with Gasteiger partial charge in [0.15, 0.2) is 11.8 Å². The average Bonchev–Trinajstić information content (AvgIpc) is 3.35. The van der Waals surface area contributed by atoms with Gasteiger partial charge in [-0.3, -0.25) is 4.99 Å². The number of aromatic nitrogens is 3. The second kappa shape index (κ2) is 6.80. The summed E-state index contributed by atoms with van der Waals surface area (Å²) in [6.07, 6.45) is 2.23. The predicted molar refractivity (Wildman–Crippen MR) is 96.6 cm³/mol. The highest BCUT2D eigenvalue weighted by Crippen LogP contribution is 2.22. The van der Waals surface area contributed by atoms with E-state index < -0.39 is 0 Å². The molecule has 0 amide bonds. The highest BCUT2D eigenvalue weighted by atomic mass is 32.1. The molecule has 0 radical (unpaired) electrons. The van der Waals surface area contributed by atoms with Crippen molar-refractivity contribution < 1.29 is 0 Å². The fraction of sp³-hybridized carbons (Fsp3) is 0.562. The maximum Gasteiger partial charge on any atom is 0.194 e. The summed E-state index contributed by atoms with van der Waals surface area (Å²) in [5, 5.41) is 15.5. The first kappa shape index (κ1) is 15.4. The fourth-order valence-corrected chi connectivity index (χ4v) is 4.21. The van der Waals surface area contributed by atoms with E-state index in [1.54, 1.807) is 0 Å². The Bertz CT molecular complexity index is 698. The lowest BCUT2D eigenvalue weighted by molar-refractivity contribution is 0.372. The van der Waals surface area contributed by atoms with Crippen molar-refractivity contribution in [3.05, 3.63) is 29.2 Å². The second-order valence-corrected chi connectivity index (χ2v) is 7.04. The molecule has 0 saturated carbocycles. The number of fused-ring (bicyclic) bond motifs is 1. The maximum atomic E-state index is 4.45. The van der Waals surface area contributed by atoms with Crippen LogP contribution < -0.4 is 10.2 Å². The molecule has 0 aliphatic carbocycles. The number of aryl methyl sites for hydroxylation is 1. The molecule has 2 aliphatic rings. The van der Waals surface area contributed by atoms with E-state index in [4.69, 9.17) is 0 Å². The van der Waals surface area contributed by atoms with E-state index in [-0.39, 0.29) is 0 Å². The van der Waals surface area contributed by atoms with E-state index in [1.807, 2.05) is 18.4 Å². The number of thiophene rings is 1. The lowest BCUT2D eigenvalue weighted by atomic mass is 10.3. The van der Waals surface area contributed by atoms with Gasteiger partial charge in [0, 0.05) is 46.2 Å². The van der Waals surface area contributed by atoms with Gasteiger partial charge in [-0.15, -0.1) is 21.5 Å². The van der Waals surface area contributed by atoms with E-state index in [9.17, 15) is 0 Å². The normalized spacial score (nSPS) is 18.1. The van der Waals surface area contributed by atoms with Crippen LogP contribution in [-0.2, 0) is 19.5 Å². The molecule has 0 unspecified atom stereocenters. The lowest BCUT2D eigenvalue weighted by Gasteiger charge is -2.36. The average molecular weight is 345 g/mol. The monoisotopic (exact) mass is 345 g/mol. The minimum absolute atomic E-state index is 0.685. The summed E-state index contributed by atoms with van der Waals surface area (Å²) in [4.78, 5) is 9.22. The van der Waals surface area contributed by atoms with Crippen molar-refractivity contribution >= 4 is 22.3 Å². The molecule has 1 saturated heterocycles. The Kier molecular flexibility index (Phi) is 4.38. The molecule has 8 heteroatoms. The first-order chi connectivity index (χ1) is 11.8. The third-order valence-electron chi connectivity index (χ3n) is 4.70. The van der Waals surface area contributed by atoms with Crippen molar-refractivity contribution in [3.8, 4) is 0 Å². The van der Waals surface area contributed by atoms with Crippen LogP contribution in [0.4, 0.5) is 5.00 Å². The first-order valence-electron chi connectivity index (χ1n) is 8.50. The van der Waals surface area contributed by atoms with E-state index in [0.29, 0.717) is 6.54 Å². The molecule has 7 nitrogen and oxygen atoms in total. The number of nitrogens with zero attached hydrogens (tertiary/aromatic N) is 6. The number of rotatable bonds is 3. The van der Waals surface area contributed by atoms with Crippen molar-refractivity contribution in [2.75, 3.05) is 38.1 Å². The number of hydrogen-bond acceptors (Lipinski definition) is 5. The summed E-state index contributed by atoms with van der Waals surface area (Å²) in [5.74, 6) is 3.09. The van der Waals surface area contributed by atoms with E-state index in [1.165, 1.54) is 11.4 Å². The largest absolute Gasteiger partial charge is 0.360 e. The molecule has 2 aliphatic heterocycles. The van der Waals surface area contributed by atoms with Crippen LogP contribution in [0, 0.1) is 0 Å². The van der Waals surface area contributed by atoms with Gasteiger partial charge in [-0.1, -0.05) is 0 Å². The van der Waals surface area contributed by atoms with Gasteiger partial charge in [0.1, 0.15) is 5.82 Å². The van der Waals surface area contributed by atoms with E-state index >= 15 is 0 Å². The van der Waals surface area contributed by atoms with Crippen molar-refractivity contribution in [1.29, 1.82) is 0 Å². The smallest absolute Gasteiger partial charge is 0.194 e. The Hall–Kier alpha value is -2.09. The number of piperazine rings is 1. The van der Waals surface area contributed by atoms with Crippen LogP contribution in [0.1, 0.15) is 18.1 Å². The van der Waals surface area contributed by atoms with Crippen molar-refractivity contribution in [1.82, 2.24) is 25.0 Å². The van der Waals surface area contributed by atoms with Gasteiger partial charge < -0.3 is 19.7 Å². The summed E-state index contributed by atoms with van der Waals surface area (Å²) >= 11 is 1.81. The molecule has 0 spiro atoms. The lowest BCUT2D eigenvalue weighted by Crippen LogP contribution is -2.52. The number of hydrogen-bond donors (Lipinski definition) is 1. The van der Waals surface area contributed by atoms with Gasteiger partial charge in [-0.05, 0) is 23.9 Å². The molecule has 4 rings (SSSR count). The number of aliphatic imine (C=N–C) groups is 1. The van der Waals surface area contributed by atoms with Gasteiger partial charge in [-0.2, -0.15) is 0 Å². The number of guanidine groups is 1. The van der Waals surface area contributed by atoms with E-state index in [0.717, 1.165) is 56.8 Å². The molecule has 1 N–H and O–H groups in total. The zero-order valence-corrected chi connectivity index (χ0v) is 14.8. The molecule has 0 bridgehead atoms. The number of anilines is 1. The fourth-order valence-electron chi connectivity index (χ4n) is 3.42. The molecule has 2 aromatic rings. The SMILES string of the molecule is CN=C(NCc1nnc2n1CCC2)N1CCN(c2cccs2)CC1. The Morgan fingerprint density at radius 1 is 1.25 bits per heavy atom. The summed E-state index contributed by atoms with van der Waals surface area (Å²) in [5.41, 5.74) is 0. The van der Waals surface area contributed by atoms with Gasteiger partial charge in [0.05, 0.1) is 11.5 Å². The van der Waals surface area contributed by atoms with E-state index in [2.05, 4.69) is 52.4 Å². The quantitative estimate of drug-likeness (QED) is 0.669. The van der Waals surface area contributed by atoms with Gasteiger partial charge in [-0.25, -0.2) is 0 Å². The van der Waals surface area contributed by atoms with Crippen molar-refractivity contribution in [2.24, 2.45) is 4.99 Å². The Morgan fingerprint density at radius 2 is 2.12 bits per heavy atom. The standard InChI is InChI=1S/C16H23N7S/c1-17-16(18-12-14-20-19-13-4-2-6-23(13)14)22-9-7-21(8-10-22)15-5-3-11-24-15/h3,5,11H,2,4,6-10,12H2,1H3,(H,17,18). The highest BCUT2D eigenvalue weighted by Gasteiger charge is 2.21. The van der Waals surface area contributed by atoms with Crippen LogP contribution in [-0.4, -0.2) is 58.9 Å². The highest BCUT2D eigenvalue weighted by molar-refractivity contribution is 7.14. The molecular formula is C16H23N7S. The summed E-state index contributed by atoms with van der Waals surface area (Å²) in [6.45, 7) is 5.75. The zero-order valence-electron chi connectivity index (χ0n) is 14.0. The van der Waals surface area contributed by atoms with Crippen LogP contribution in [0.25, 0.3) is 0 Å². The summed E-state index contributed by atoms with van der Waals surface area (Å²) in [7, 11) is 1.85. The summed E-state index contributed by atoms with van der Waals surface area (Å²) < 4.78 is 2.23. The second-order valence-electron chi connectivity index (χ2n) is 6.11. The van der Waals surface area contributed by atoms with Crippen molar-refractivity contribution in [2.45, 2.75) is 25.9 Å². The topological polar surface area (TPSA) is 61.6 Å². The van der Waals surface area contributed by atoms with Crippen LogP contribution in [0.3, 0.4) is 0 Å². The van der Waals surface area contributed by atoms with Crippen molar-refractivity contribution in [3.63, 3.8) is 0 Å². The molecular weight excluding hydrogens is 322 g/mol. The van der Waals surface area contributed by atoms with Crippen LogP contribution in [0.5, 0.6) is 0 Å². The van der Waals surface area contributed by atoms with Gasteiger partial charge in [0.25, 0.3) is 0 Å². The molecule has 0 aromatic carbocycles. The molecule has 2 aromatic heterocycles. The Balaban J connectivity index is 1.33. The number of nitrogens with one attached hydrogen (secondary N) is 1. The van der Waals surface area contributed by atoms with Gasteiger partial charge in [0.2, 0.25) is 0 Å². The Labute approximate surface area is 146 Å². The summed E-state index contributed by atoms with van der Waals surface area (Å²) in [6, 6.07) is 4.31. The van der Waals surface area contributed by atoms with Gasteiger partial charge >= 0.3 is 0 Å². The first-order valence-corrected chi connectivity index (χ1v) is 9.38. The maximum absolute atomic E-state index is 4.45.